The molecule has 0 aromatic heterocycles. The van der Waals surface area contributed by atoms with Crippen molar-refractivity contribution in [2.45, 2.75) is 11.4 Å². The SMILES string of the molecule is CSc1ccc(CN(C)C(=O)c2ccc(F)c(F)c2)cc1. The standard InChI is InChI=1S/C16H15F2NOS/c1-19(10-11-3-6-13(21-2)7-4-11)16(20)12-5-8-14(17)15(18)9-12/h3-9H,10H2,1-2H3. The Morgan fingerprint density at radius 2 is 1.76 bits per heavy atom. The predicted molar refractivity (Wildman–Crippen MR) is 80.4 cm³/mol. The van der Waals surface area contributed by atoms with Crippen LogP contribution in [0.5, 0.6) is 0 Å². The molecule has 2 rings (SSSR count). The molecule has 0 heterocycles. The topological polar surface area (TPSA) is 20.3 Å². The summed E-state index contributed by atoms with van der Waals surface area (Å²) in [5, 5.41) is 0. The molecule has 0 N–H and O–H groups in total. The molecule has 21 heavy (non-hydrogen) atoms. The first kappa shape index (κ1) is 15.5. The van der Waals surface area contributed by atoms with Gasteiger partial charge in [0.05, 0.1) is 0 Å². The highest BCUT2D eigenvalue weighted by Crippen LogP contribution is 2.16. The van der Waals surface area contributed by atoms with Gasteiger partial charge in [-0.25, -0.2) is 8.78 Å². The highest BCUT2D eigenvalue weighted by atomic mass is 32.2. The van der Waals surface area contributed by atoms with E-state index in [1.807, 2.05) is 30.5 Å². The maximum atomic E-state index is 13.2. The number of halogens is 2. The summed E-state index contributed by atoms with van der Waals surface area (Å²) >= 11 is 1.64. The van der Waals surface area contributed by atoms with Gasteiger partial charge in [0.1, 0.15) is 0 Å². The molecule has 0 aliphatic rings. The van der Waals surface area contributed by atoms with E-state index in [1.54, 1.807) is 18.8 Å². The summed E-state index contributed by atoms with van der Waals surface area (Å²) in [6.45, 7) is 0.409. The Balaban J connectivity index is 2.09. The minimum absolute atomic E-state index is 0.136. The van der Waals surface area contributed by atoms with Crippen molar-refractivity contribution in [1.29, 1.82) is 0 Å². The molecule has 0 atom stereocenters. The molecule has 0 aliphatic heterocycles. The van der Waals surface area contributed by atoms with Gasteiger partial charge < -0.3 is 4.90 Å². The lowest BCUT2D eigenvalue weighted by Gasteiger charge is -2.17. The monoisotopic (exact) mass is 307 g/mol. The summed E-state index contributed by atoms with van der Waals surface area (Å²) in [6.07, 6.45) is 1.99. The molecule has 1 amide bonds. The lowest BCUT2D eigenvalue weighted by atomic mass is 10.1. The van der Waals surface area contributed by atoms with Gasteiger partial charge in [-0.3, -0.25) is 4.79 Å². The van der Waals surface area contributed by atoms with Crippen LogP contribution in [0.2, 0.25) is 0 Å². The van der Waals surface area contributed by atoms with Gasteiger partial charge in [-0.05, 0) is 42.2 Å². The molecule has 5 heteroatoms. The fraction of sp³-hybridized carbons (Fsp3) is 0.188. The van der Waals surface area contributed by atoms with Crippen molar-refractivity contribution < 1.29 is 13.6 Å². The van der Waals surface area contributed by atoms with Gasteiger partial charge >= 0.3 is 0 Å². The molecule has 0 radical (unpaired) electrons. The third-order valence-electron chi connectivity index (χ3n) is 3.09. The molecule has 2 nitrogen and oxygen atoms in total. The van der Waals surface area contributed by atoms with E-state index in [1.165, 1.54) is 11.0 Å². The smallest absolute Gasteiger partial charge is 0.254 e. The molecule has 0 spiro atoms. The fourth-order valence-corrected chi connectivity index (χ4v) is 2.33. The van der Waals surface area contributed by atoms with Gasteiger partial charge in [0, 0.05) is 24.1 Å². The van der Waals surface area contributed by atoms with E-state index in [2.05, 4.69) is 0 Å². The van der Waals surface area contributed by atoms with Crippen molar-refractivity contribution in [2.24, 2.45) is 0 Å². The number of hydrogen-bond acceptors (Lipinski definition) is 2. The third-order valence-corrected chi connectivity index (χ3v) is 3.84. The zero-order valence-corrected chi connectivity index (χ0v) is 12.6. The molecule has 2 aromatic rings. The van der Waals surface area contributed by atoms with E-state index >= 15 is 0 Å². The Kier molecular flexibility index (Phi) is 4.96. The fourth-order valence-electron chi connectivity index (χ4n) is 1.93. The highest BCUT2D eigenvalue weighted by Gasteiger charge is 2.14. The molecule has 110 valence electrons. The number of carbonyl (C=O) groups is 1. The van der Waals surface area contributed by atoms with Gasteiger partial charge in [0.15, 0.2) is 11.6 Å². The maximum absolute atomic E-state index is 13.2. The van der Waals surface area contributed by atoms with Crippen LogP contribution in [0.15, 0.2) is 47.4 Å². The first-order chi connectivity index (χ1) is 10.0. The van der Waals surface area contributed by atoms with Crippen molar-refractivity contribution in [2.75, 3.05) is 13.3 Å². The van der Waals surface area contributed by atoms with E-state index in [-0.39, 0.29) is 11.5 Å². The van der Waals surface area contributed by atoms with Crippen LogP contribution >= 0.6 is 11.8 Å². The van der Waals surface area contributed by atoms with Gasteiger partial charge in [-0.2, -0.15) is 0 Å². The first-order valence-electron chi connectivity index (χ1n) is 6.34. The number of carbonyl (C=O) groups excluding carboxylic acids is 1. The second kappa shape index (κ2) is 6.72. The van der Waals surface area contributed by atoms with Crippen LogP contribution in [0.25, 0.3) is 0 Å². The second-order valence-corrected chi connectivity index (χ2v) is 5.52. The molecule has 0 unspecified atom stereocenters. The Morgan fingerprint density at radius 1 is 1.10 bits per heavy atom. The average molecular weight is 307 g/mol. The van der Waals surface area contributed by atoms with Crippen molar-refractivity contribution in [3.63, 3.8) is 0 Å². The second-order valence-electron chi connectivity index (χ2n) is 4.64. The van der Waals surface area contributed by atoms with Crippen molar-refractivity contribution >= 4 is 17.7 Å². The van der Waals surface area contributed by atoms with Crippen LogP contribution < -0.4 is 0 Å². The molecule has 0 bridgehead atoms. The minimum Gasteiger partial charge on any atom is -0.337 e. The van der Waals surface area contributed by atoms with Crippen LogP contribution in [0.4, 0.5) is 8.78 Å². The molecule has 0 saturated carbocycles. The summed E-state index contributed by atoms with van der Waals surface area (Å²) in [5.41, 5.74) is 1.11. The number of thioether (sulfide) groups is 1. The number of amides is 1. The zero-order valence-electron chi connectivity index (χ0n) is 11.8. The summed E-state index contributed by atoms with van der Waals surface area (Å²) < 4.78 is 26.0. The highest BCUT2D eigenvalue weighted by molar-refractivity contribution is 7.98. The van der Waals surface area contributed by atoms with Gasteiger partial charge in [0.2, 0.25) is 0 Å². The van der Waals surface area contributed by atoms with Crippen molar-refractivity contribution in [3.8, 4) is 0 Å². The van der Waals surface area contributed by atoms with Crippen molar-refractivity contribution in [1.82, 2.24) is 4.90 Å². The van der Waals surface area contributed by atoms with Crippen LogP contribution in [0, 0.1) is 11.6 Å². The van der Waals surface area contributed by atoms with Crippen LogP contribution in [-0.4, -0.2) is 24.1 Å². The molecular weight excluding hydrogens is 292 g/mol. The quantitative estimate of drug-likeness (QED) is 0.797. The van der Waals surface area contributed by atoms with E-state index in [4.69, 9.17) is 0 Å². The summed E-state index contributed by atoms with van der Waals surface area (Å²) in [7, 11) is 1.63. The van der Waals surface area contributed by atoms with Crippen LogP contribution in [-0.2, 0) is 6.54 Å². The molecule has 0 saturated heterocycles. The summed E-state index contributed by atoms with van der Waals surface area (Å²) in [6, 6.07) is 11.0. The largest absolute Gasteiger partial charge is 0.337 e. The predicted octanol–water partition coefficient (Wildman–Crippen LogP) is 3.96. The number of benzene rings is 2. The normalized spacial score (nSPS) is 10.5. The lowest BCUT2D eigenvalue weighted by molar-refractivity contribution is 0.0784. The molecule has 0 aliphatic carbocycles. The Labute approximate surface area is 126 Å². The van der Waals surface area contributed by atoms with E-state index in [0.717, 1.165) is 22.6 Å². The molecule has 2 aromatic carbocycles. The number of nitrogens with zero attached hydrogens (tertiary/aromatic N) is 1. The van der Waals surface area contributed by atoms with Gasteiger partial charge in [-0.15, -0.1) is 11.8 Å². The first-order valence-corrected chi connectivity index (χ1v) is 7.57. The Hall–Kier alpha value is -1.88. The van der Waals surface area contributed by atoms with Crippen molar-refractivity contribution in [3.05, 3.63) is 65.2 Å². The molecular formula is C16H15F2NOS. The van der Waals surface area contributed by atoms with E-state index in [0.29, 0.717) is 6.54 Å². The maximum Gasteiger partial charge on any atom is 0.254 e. The van der Waals surface area contributed by atoms with E-state index in [9.17, 15) is 13.6 Å². The number of rotatable bonds is 4. The zero-order chi connectivity index (χ0) is 15.4. The summed E-state index contributed by atoms with van der Waals surface area (Å²) in [4.78, 5) is 14.8. The van der Waals surface area contributed by atoms with E-state index < -0.39 is 11.6 Å². The lowest BCUT2D eigenvalue weighted by Crippen LogP contribution is -2.26. The van der Waals surface area contributed by atoms with Gasteiger partial charge in [0.25, 0.3) is 5.91 Å². The number of hydrogen-bond donors (Lipinski definition) is 0. The Morgan fingerprint density at radius 3 is 2.33 bits per heavy atom. The minimum atomic E-state index is -1.02. The average Bonchev–Trinajstić information content (AvgIpc) is 2.50. The van der Waals surface area contributed by atoms with Crippen LogP contribution in [0.1, 0.15) is 15.9 Å². The van der Waals surface area contributed by atoms with Crippen LogP contribution in [0.3, 0.4) is 0 Å². The summed E-state index contributed by atoms with van der Waals surface area (Å²) in [5.74, 6) is -2.32. The van der Waals surface area contributed by atoms with Gasteiger partial charge in [-0.1, -0.05) is 12.1 Å². The third kappa shape index (κ3) is 3.82. The Bertz CT molecular complexity index is 643. The molecule has 0 fully saturated rings.